The molecule has 3 aromatic rings. The van der Waals surface area contributed by atoms with Crippen molar-refractivity contribution >= 4 is 23.2 Å². The van der Waals surface area contributed by atoms with E-state index in [9.17, 15) is 13.6 Å². The number of carbonyl (C=O) groups excluding carboxylic acids is 1. The van der Waals surface area contributed by atoms with E-state index >= 15 is 0 Å². The van der Waals surface area contributed by atoms with Gasteiger partial charge in [-0.25, -0.2) is 18.7 Å². The van der Waals surface area contributed by atoms with Crippen LogP contribution in [0.1, 0.15) is 10.5 Å². The molecular formula is C17H12F2N4O. The number of amides is 1. The highest BCUT2D eigenvalue weighted by atomic mass is 19.1. The summed E-state index contributed by atoms with van der Waals surface area (Å²) in [5.41, 5.74) is 0.727. The van der Waals surface area contributed by atoms with Gasteiger partial charge in [-0.2, -0.15) is 0 Å². The fourth-order valence-corrected chi connectivity index (χ4v) is 1.96. The molecule has 2 aromatic carbocycles. The first-order chi connectivity index (χ1) is 11.6. The summed E-state index contributed by atoms with van der Waals surface area (Å²) in [6.45, 7) is 0. The Morgan fingerprint density at radius 2 is 1.71 bits per heavy atom. The van der Waals surface area contributed by atoms with E-state index in [4.69, 9.17) is 0 Å². The van der Waals surface area contributed by atoms with E-state index in [-0.39, 0.29) is 17.3 Å². The maximum atomic E-state index is 13.6. The largest absolute Gasteiger partial charge is 0.322 e. The third-order valence-corrected chi connectivity index (χ3v) is 3.11. The molecule has 0 saturated carbocycles. The molecule has 0 saturated heterocycles. The van der Waals surface area contributed by atoms with Crippen molar-refractivity contribution in [2.75, 3.05) is 10.6 Å². The molecule has 7 heteroatoms. The summed E-state index contributed by atoms with van der Waals surface area (Å²) in [5.74, 6) is -1.25. The van der Waals surface area contributed by atoms with E-state index < -0.39 is 17.5 Å². The third kappa shape index (κ3) is 3.70. The molecule has 24 heavy (non-hydrogen) atoms. The molecule has 0 bridgehead atoms. The van der Waals surface area contributed by atoms with Crippen molar-refractivity contribution in [1.82, 2.24) is 9.97 Å². The van der Waals surface area contributed by atoms with Crippen molar-refractivity contribution in [3.8, 4) is 0 Å². The standard InChI is InChI=1S/C17H12F2N4O/c18-11-5-7-12(8-6-11)21-16(24)15-9-10-20-17(23-15)22-14-4-2-1-3-13(14)19/h1-10H,(H,21,24)(H,20,22,23). The second-order valence-electron chi connectivity index (χ2n) is 4.83. The van der Waals surface area contributed by atoms with Crippen LogP contribution in [-0.4, -0.2) is 15.9 Å². The van der Waals surface area contributed by atoms with Gasteiger partial charge in [-0.05, 0) is 42.5 Å². The Bertz CT molecular complexity index is 868. The maximum Gasteiger partial charge on any atom is 0.274 e. The SMILES string of the molecule is O=C(Nc1ccc(F)cc1)c1ccnc(Nc2ccccc2F)n1. The van der Waals surface area contributed by atoms with E-state index in [1.807, 2.05) is 0 Å². The predicted molar refractivity (Wildman–Crippen MR) is 86.1 cm³/mol. The van der Waals surface area contributed by atoms with Crippen LogP contribution in [0.5, 0.6) is 0 Å². The lowest BCUT2D eigenvalue weighted by Gasteiger charge is -2.08. The lowest BCUT2D eigenvalue weighted by atomic mass is 10.3. The number of rotatable bonds is 4. The highest BCUT2D eigenvalue weighted by Crippen LogP contribution is 2.17. The van der Waals surface area contributed by atoms with Crippen molar-refractivity contribution in [2.24, 2.45) is 0 Å². The Balaban J connectivity index is 1.76. The number of benzene rings is 2. The van der Waals surface area contributed by atoms with Gasteiger partial charge in [-0.3, -0.25) is 4.79 Å². The summed E-state index contributed by atoms with van der Waals surface area (Å²) in [4.78, 5) is 20.2. The summed E-state index contributed by atoms with van der Waals surface area (Å²) in [6, 6.07) is 12.8. The summed E-state index contributed by atoms with van der Waals surface area (Å²) in [5, 5.41) is 5.30. The molecule has 0 aliphatic rings. The normalized spacial score (nSPS) is 10.2. The fraction of sp³-hybridized carbons (Fsp3) is 0. The minimum absolute atomic E-state index is 0.0897. The van der Waals surface area contributed by atoms with Gasteiger partial charge >= 0.3 is 0 Å². The van der Waals surface area contributed by atoms with Crippen LogP contribution in [0, 0.1) is 11.6 Å². The van der Waals surface area contributed by atoms with Crippen LogP contribution in [0.3, 0.4) is 0 Å². The van der Waals surface area contributed by atoms with Crippen LogP contribution < -0.4 is 10.6 Å². The van der Waals surface area contributed by atoms with Gasteiger partial charge in [0.15, 0.2) is 0 Å². The van der Waals surface area contributed by atoms with E-state index in [0.29, 0.717) is 5.69 Å². The molecule has 3 rings (SSSR count). The van der Waals surface area contributed by atoms with Gasteiger partial charge < -0.3 is 10.6 Å². The van der Waals surface area contributed by atoms with Crippen molar-refractivity contribution in [2.45, 2.75) is 0 Å². The second kappa shape index (κ2) is 6.82. The Morgan fingerprint density at radius 1 is 0.958 bits per heavy atom. The Morgan fingerprint density at radius 3 is 2.46 bits per heavy atom. The summed E-state index contributed by atoms with van der Waals surface area (Å²) < 4.78 is 26.5. The molecule has 0 fully saturated rings. The van der Waals surface area contributed by atoms with Crippen LogP contribution in [0.25, 0.3) is 0 Å². The topological polar surface area (TPSA) is 66.9 Å². The fourth-order valence-electron chi connectivity index (χ4n) is 1.96. The van der Waals surface area contributed by atoms with E-state index in [1.54, 1.807) is 12.1 Å². The zero-order valence-corrected chi connectivity index (χ0v) is 12.3. The Hall–Kier alpha value is -3.35. The molecular weight excluding hydrogens is 314 g/mol. The molecule has 2 N–H and O–H groups in total. The van der Waals surface area contributed by atoms with Gasteiger partial charge in [0.25, 0.3) is 5.91 Å². The van der Waals surface area contributed by atoms with Crippen LogP contribution in [0.4, 0.5) is 26.1 Å². The number of carbonyl (C=O) groups is 1. The quantitative estimate of drug-likeness (QED) is 0.766. The molecule has 5 nitrogen and oxygen atoms in total. The number of anilines is 3. The molecule has 0 unspecified atom stereocenters. The van der Waals surface area contributed by atoms with Crippen molar-refractivity contribution < 1.29 is 13.6 Å². The number of aromatic nitrogens is 2. The van der Waals surface area contributed by atoms with Crippen LogP contribution in [0.2, 0.25) is 0 Å². The summed E-state index contributed by atoms with van der Waals surface area (Å²) in [6.07, 6.45) is 1.38. The molecule has 0 atom stereocenters. The zero-order valence-electron chi connectivity index (χ0n) is 12.3. The molecule has 1 aromatic heterocycles. The van der Waals surface area contributed by atoms with Crippen LogP contribution in [0.15, 0.2) is 60.8 Å². The van der Waals surface area contributed by atoms with E-state index in [1.165, 1.54) is 48.7 Å². The number of halogens is 2. The molecule has 1 amide bonds. The first-order valence-corrected chi connectivity index (χ1v) is 7.03. The van der Waals surface area contributed by atoms with Gasteiger partial charge in [-0.15, -0.1) is 0 Å². The van der Waals surface area contributed by atoms with Crippen LogP contribution in [-0.2, 0) is 0 Å². The zero-order chi connectivity index (χ0) is 16.9. The lowest BCUT2D eigenvalue weighted by Crippen LogP contribution is -2.14. The van der Waals surface area contributed by atoms with Gasteiger partial charge in [0.1, 0.15) is 17.3 Å². The van der Waals surface area contributed by atoms with E-state index in [0.717, 1.165) is 0 Å². The maximum absolute atomic E-state index is 13.6. The summed E-state index contributed by atoms with van der Waals surface area (Å²) in [7, 11) is 0. The number of hydrogen-bond acceptors (Lipinski definition) is 4. The number of nitrogens with one attached hydrogen (secondary N) is 2. The first-order valence-electron chi connectivity index (χ1n) is 7.03. The average molecular weight is 326 g/mol. The molecule has 1 heterocycles. The predicted octanol–water partition coefficient (Wildman–Crippen LogP) is 3.75. The van der Waals surface area contributed by atoms with Crippen molar-refractivity contribution in [3.63, 3.8) is 0 Å². The minimum atomic E-state index is -0.486. The molecule has 0 aliphatic carbocycles. The Labute approximate surface area is 136 Å². The van der Waals surface area contributed by atoms with E-state index in [2.05, 4.69) is 20.6 Å². The number of para-hydroxylation sites is 1. The molecule has 0 spiro atoms. The smallest absolute Gasteiger partial charge is 0.274 e. The van der Waals surface area contributed by atoms with Gasteiger partial charge in [-0.1, -0.05) is 12.1 Å². The first kappa shape index (κ1) is 15.5. The van der Waals surface area contributed by atoms with Crippen molar-refractivity contribution in [3.05, 3.63) is 78.1 Å². The van der Waals surface area contributed by atoms with Gasteiger partial charge in [0, 0.05) is 11.9 Å². The molecule has 120 valence electrons. The highest BCUT2D eigenvalue weighted by molar-refractivity contribution is 6.02. The third-order valence-electron chi connectivity index (χ3n) is 3.11. The summed E-state index contributed by atoms with van der Waals surface area (Å²) >= 11 is 0. The monoisotopic (exact) mass is 326 g/mol. The Kier molecular flexibility index (Phi) is 4.42. The molecule has 0 aliphatic heterocycles. The van der Waals surface area contributed by atoms with Gasteiger partial charge in [0.05, 0.1) is 5.69 Å². The number of hydrogen-bond donors (Lipinski definition) is 2. The second-order valence-corrected chi connectivity index (χ2v) is 4.83. The van der Waals surface area contributed by atoms with Crippen LogP contribution >= 0.6 is 0 Å². The van der Waals surface area contributed by atoms with Gasteiger partial charge in [0.2, 0.25) is 5.95 Å². The minimum Gasteiger partial charge on any atom is -0.322 e. The lowest BCUT2D eigenvalue weighted by molar-refractivity contribution is 0.102. The average Bonchev–Trinajstić information content (AvgIpc) is 2.59. The number of nitrogens with zero attached hydrogens (tertiary/aromatic N) is 2. The highest BCUT2D eigenvalue weighted by Gasteiger charge is 2.10. The van der Waals surface area contributed by atoms with Crippen molar-refractivity contribution in [1.29, 1.82) is 0 Å². The molecule has 0 radical (unpaired) electrons.